The summed E-state index contributed by atoms with van der Waals surface area (Å²) >= 11 is 4.80. The first-order chi connectivity index (χ1) is 12.9. The van der Waals surface area contributed by atoms with Gasteiger partial charge in [-0.2, -0.15) is 0 Å². The van der Waals surface area contributed by atoms with Gasteiger partial charge in [0, 0.05) is 21.3 Å². The number of nitrogens with zero attached hydrogens (tertiary/aromatic N) is 3. The van der Waals surface area contributed by atoms with Gasteiger partial charge in [0.2, 0.25) is 0 Å². The molecule has 1 atom stereocenters. The van der Waals surface area contributed by atoms with Crippen LogP contribution in [0.3, 0.4) is 0 Å². The Morgan fingerprint density at radius 3 is 2.81 bits per heavy atom. The Morgan fingerprint density at radius 2 is 2.11 bits per heavy atom. The van der Waals surface area contributed by atoms with Gasteiger partial charge in [-0.25, -0.2) is 4.68 Å². The molecule has 3 heterocycles. The largest absolute Gasteiger partial charge is 0.369 e. The highest BCUT2D eigenvalue weighted by molar-refractivity contribution is 9.10. The van der Waals surface area contributed by atoms with E-state index >= 15 is 0 Å². The van der Waals surface area contributed by atoms with Crippen molar-refractivity contribution in [3.8, 4) is 0 Å². The van der Waals surface area contributed by atoms with E-state index in [2.05, 4.69) is 40.1 Å². The summed E-state index contributed by atoms with van der Waals surface area (Å²) in [4.78, 5) is 27.2. The molecule has 1 aliphatic heterocycles. The van der Waals surface area contributed by atoms with E-state index in [0.717, 1.165) is 21.3 Å². The zero-order valence-corrected chi connectivity index (χ0v) is 17.4. The third-order valence-corrected chi connectivity index (χ3v) is 6.69. The molecule has 0 amide bonds. The Labute approximate surface area is 168 Å². The number of hydrogen-bond donors (Lipinski definition) is 0. The number of Topliss-reactive ketones (excluding diaryl/α,β-unsaturated/α-hetero) is 1. The van der Waals surface area contributed by atoms with E-state index in [1.165, 1.54) is 16.0 Å². The second kappa shape index (κ2) is 6.92. The van der Waals surface area contributed by atoms with Gasteiger partial charge >= 0.3 is 0 Å². The Bertz CT molecular complexity index is 1090. The molecule has 140 valence electrons. The van der Waals surface area contributed by atoms with Crippen molar-refractivity contribution < 1.29 is 9.53 Å². The maximum Gasteiger partial charge on any atom is 0.279 e. The quantitative estimate of drug-likeness (QED) is 0.569. The van der Waals surface area contributed by atoms with Gasteiger partial charge in [-0.1, -0.05) is 40.2 Å². The highest BCUT2D eigenvalue weighted by atomic mass is 79.9. The standard InChI is InChI=1S/C19H18BrN3O3S/c1-3-19(2)8-13-15(10-26-19)27-17-16(13)18(25)23(22-21-17)9-14(24)11-4-6-12(20)7-5-11/h4-7H,3,8-10H2,1-2H3. The van der Waals surface area contributed by atoms with Gasteiger partial charge in [0.1, 0.15) is 6.54 Å². The smallest absolute Gasteiger partial charge is 0.279 e. The summed E-state index contributed by atoms with van der Waals surface area (Å²) in [6.45, 7) is 4.49. The molecule has 0 aliphatic carbocycles. The van der Waals surface area contributed by atoms with E-state index in [9.17, 15) is 9.59 Å². The number of carbonyl (C=O) groups excluding carboxylic acids is 1. The van der Waals surface area contributed by atoms with Crippen molar-refractivity contribution >= 4 is 43.3 Å². The van der Waals surface area contributed by atoms with Crippen molar-refractivity contribution in [1.29, 1.82) is 0 Å². The van der Waals surface area contributed by atoms with Gasteiger partial charge in [0.05, 0.1) is 17.6 Å². The summed E-state index contributed by atoms with van der Waals surface area (Å²) in [6.07, 6.45) is 1.53. The zero-order valence-electron chi connectivity index (χ0n) is 15.0. The summed E-state index contributed by atoms with van der Waals surface area (Å²) in [5.74, 6) is -0.177. The average molecular weight is 448 g/mol. The normalized spacial score (nSPS) is 19.2. The number of halogens is 1. The van der Waals surface area contributed by atoms with Crippen molar-refractivity contribution in [3.05, 3.63) is 55.1 Å². The van der Waals surface area contributed by atoms with Gasteiger partial charge in [0.25, 0.3) is 5.56 Å². The number of hydrogen-bond acceptors (Lipinski definition) is 6. The van der Waals surface area contributed by atoms with Crippen molar-refractivity contribution in [2.45, 2.75) is 45.4 Å². The van der Waals surface area contributed by atoms with E-state index in [0.29, 0.717) is 28.8 Å². The first-order valence-electron chi connectivity index (χ1n) is 8.71. The molecule has 4 rings (SSSR count). The number of ether oxygens (including phenoxy) is 1. The van der Waals surface area contributed by atoms with Crippen LogP contribution in [0.5, 0.6) is 0 Å². The second-order valence-corrected chi connectivity index (χ2v) is 8.93. The molecule has 27 heavy (non-hydrogen) atoms. The SMILES string of the molecule is CCC1(C)Cc2c(sc3nnn(CC(=O)c4ccc(Br)cc4)c(=O)c23)CO1. The summed E-state index contributed by atoms with van der Waals surface area (Å²) in [6, 6.07) is 7.04. The fourth-order valence-corrected chi connectivity index (χ4v) is 4.52. The highest BCUT2D eigenvalue weighted by Gasteiger charge is 2.33. The van der Waals surface area contributed by atoms with E-state index in [4.69, 9.17) is 4.74 Å². The lowest BCUT2D eigenvalue weighted by atomic mass is 9.90. The third-order valence-electron chi connectivity index (χ3n) is 5.07. The van der Waals surface area contributed by atoms with Crippen LogP contribution in [0.4, 0.5) is 0 Å². The van der Waals surface area contributed by atoms with Crippen molar-refractivity contribution in [1.82, 2.24) is 15.0 Å². The predicted molar refractivity (Wildman–Crippen MR) is 107 cm³/mol. The van der Waals surface area contributed by atoms with Gasteiger partial charge < -0.3 is 4.74 Å². The van der Waals surface area contributed by atoms with Crippen LogP contribution in [0.15, 0.2) is 33.5 Å². The van der Waals surface area contributed by atoms with Crippen LogP contribution < -0.4 is 5.56 Å². The summed E-state index contributed by atoms with van der Waals surface area (Å²) in [5.41, 5.74) is 0.986. The Morgan fingerprint density at radius 1 is 1.37 bits per heavy atom. The molecule has 0 bridgehead atoms. The molecule has 0 saturated carbocycles. The number of fused-ring (bicyclic) bond motifs is 3. The van der Waals surface area contributed by atoms with Crippen molar-refractivity contribution in [2.24, 2.45) is 0 Å². The fourth-order valence-electron chi connectivity index (χ4n) is 3.21. The van der Waals surface area contributed by atoms with E-state index in [1.54, 1.807) is 24.3 Å². The van der Waals surface area contributed by atoms with Crippen LogP contribution in [-0.2, 0) is 24.3 Å². The molecule has 6 nitrogen and oxygen atoms in total. The molecular weight excluding hydrogens is 430 g/mol. The molecule has 0 fully saturated rings. The monoisotopic (exact) mass is 447 g/mol. The van der Waals surface area contributed by atoms with Gasteiger partial charge in [-0.05, 0) is 31.0 Å². The molecule has 0 radical (unpaired) electrons. The lowest BCUT2D eigenvalue weighted by Crippen LogP contribution is -2.35. The zero-order chi connectivity index (χ0) is 19.2. The minimum atomic E-state index is -0.283. The van der Waals surface area contributed by atoms with Crippen molar-refractivity contribution in [2.75, 3.05) is 0 Å². The molecule has 3 aromatic rings. The Balaban J connectivity index is 1.72. The van der Waals surface area contributed by atoms with E-state index in [1.807, 2.05) is 0 Å². The molecule has 1 unspecified atom stereocenters. The minimum absolute atomic E-state index is 0.129. The first kappa shape index (κ1) is 18.5. The fraction of sp³-hybridized carbons (Fsp3) is 0.368. The number of carbonyl (C=O) groups is 1. The minimum Gasteiger partial charge on any atom is -0.369 e. The number of ketones is 1. The summed E-state index contributed by atoms with van der Waals surface area (Å²) in [5, 5.41) is 8.76. The Hall–Kier alpha value is -1.90. The van der Waals surface area contributed by atoms with Crippen LogP contribution in [0.2, 0.25) is 0 Å². The average Bonchev–Trinajstić information content (AvgIpc) is 3.02. The van der Waals surface area contributed by atoms with Crippen molar-refractivity contribution in [3.63, 3.8) is 0 Å². The third kappa shape index (κ3) is 3.37. The molecule has 1 aromatic carbocycles. The van der Waals surface area contributed by atoms with Crippen LogP contribution in [0, 0.1) is 0 Å². The molecule has 0 saturated heterocycles. The molecular formula is C19H18BrN3O3S. The highest BCUT2D eigenvalue weighted by Crippen LogP contribution is 2.37. The summed E-state index contributed by atoms with van der Waals surface area (Å²) in [7, 11) is 0. The molecule has 8 heteroatoms. The second-order valence-electron chi connectivity index (χ2n) is 6.94. The maximum atomic E-state index is 13.0. The predicted octanol–water partition coefficient (Wildman–Crippen LogP) is 3.74. The molecule has 1 aliphatic rings. The number of thiophene rings is 1. The Kier molecular flexibility index (Phi) is 4.73. The molecule has 0 N–H and O–H groups in total. The van der Waals surface area contributed by atoms with Crippen LogP contribution in [0.1, 0.15) is 41.1 Å². The topological polar surface area (TPSA) is 74.1 Å². The van der Waals surface area contributed by atoms with Gasteiger partial charge in [-0.3, -0.25) is 9.59 Å². The van der Waals surface area contributed by atoms with E-state index in [-0.39, 0.29) is 23.5 Å². The first-order valence-corrected chi connectivity index (χ1v) is 10.3. The maximum absolute atomic E-state index is 13.0. The van der Waals surface area contributed by atoms with Gasteiger partial charge in [0.15, 0.2) is 10.6 Å². The molecule has 2 aromatic heterocycles. The molecule has 0 spiro atoms. The van der Waals surface area contributed by atoms with E-state index < -0.39 is 0 Å². The lowest BCUT2D eigenvalue weighted by molar-refractivity contribution is -0.0543. The van der Waals surface area contributed by atoms with Crippen LogP contribution in [0.25, 0.3) is 10.2 Å². The lowest BCUT2D eigenvalue weighted by Gasteiger charge is -2.32. The number of rotatable bonds is 4. The summed E-state index contributed by atoms with van der Waals surface area (Å²) < 4.78 is 8.03. The van der Waals surface area contributed by atoms with Gasteiger partial charge in [-0.15, -0.1) is 16.4 Å². The van der Waals surface area contributed by atoms with Crippen LogP contribution >= 0.6 is 27.3 Å². The number of aromatic nitrogens is 3. The van der Waals surface area contributed by atoms with Crippen LogP contribution in [-0.4, -0.2) is 26.4 Å². The number of benzene rings is 1.